The van der Waals surface area contributed by atoms with Crippen LogP contribution >= 0.6 is 12.2 Å². The number of nitrogens with one attached hydrogen (secondary N) is 2. The third-order valence-corrected chi connectivity index (χ3v) is 3.54. The van der Waals surface area contributed by atoms with Crippen LogP contribution in [0.1, 0.15) is 5.56 Å². The second kappa shape index (κ2) is 8.24. The van der Waals surface area contributed by atoms with Crippen molar-refractivity contribution in [1.82, 2.24) is 5.32 Å². The summed E-state index contributed by atoms with van der Waals surface area (Å²) in [5, 5.41) is 16.0. The summed E-state index contributed by atoms with van der Waals surface area (Å²) in [6.45, 7) is 0.690. The molecule has 2 aromatic rings. The molecule has 3 N–H and O–H groups in total. The minimum absolute atomic E-state index is 0.269. The number of hydrogen-bond donors (Lipinski definition) is 3. The zero-order valence-electron chi connectivity index (χ0n) is 13.1. The van der Waals surface area contributed by atoms with Crippen molar-refractivity contribution in [3.05, 3.63) is 48.0 Å². The molecule has 0 aliphatic rings. The van der Waals surface area contributed by atoms with E-state index < -0.39 is 0 Å². The van der Waals surface area contributed by atoms with Gasteiger partial charge in [-0.3, -0.25) is 0 Å². The highest BCUT2D eigenvalue weighted by molar-refractivity contribution is 7.80. The van der Waals surface area contributed by atoms with Gasteiger partial charge in [-0.25, -0.2) is 0 Å². The van der Waals surface area contributed by atoms with Gasteiger partial charge in [0.15, 0.2) is 5.11 Å². The summed E-state index contributed by atoms with van der Waals surface area (Å²) in [5.41, 5.74) is 1.90. The maximum absolute atomic E-state index is 9.25. The van der Waals surface area contributed by atoms with Gasteiger partial charge in [-0.1, -0.05) is 12.1 Å². The van der Waals surface area contributed by atoms with Gasteiger partial charge >= 0.3 is 0 Å². The van der Waals surface area contributed by atoms with Crippen LogP contribution in [0.3, 0.4) is 0 Å². The predicted molar refractivity (Wildman–Crippen MR) is 95.6 cm³/mol. The van der Waals surface area contributed by atoms with E-state index in [2.05, 4.69) is 10.6 Å². The third kappa shape index (κ3) is 5.03. The van der Waals surface area contributed by atoms with Crippen molar-refractivity contribution in [2.45, 2.75) is 6.42 Å². The number of phenols is 1. The average Bonchev–Trinajstić information content (AvgIpc) is 2.57. The quantitative estimate of drug-likeness (QED) is 0.707. The Morgan fingerprint density at radius 2 is 1.83 bits per heavy atom. The lowest BCUT2D eigenvalue weighted by Gasteiger charge is -2.14. The lowest BCUT2D eigenvalue weighted by molar-refractivity contribution is 0.395. The van der Waals surface area contributed by atoms with Gasteiger partial charge in [0.2, 0.25) is 0 Å². The van der Waals surface area contributed by atoms with Crippen LogP contribution in [0.15, 0.2) is 42.5 Å². The molecule has 0 spiro atoms. The molecule has 6 heteroatoms. The molecular formula is C17H20N2O3S. The first kappa shape index (κ1) is 16.9. The molecule has 0 saturated carbocycles. The van der Waals surface area contributed by atoms with Gasteiger partial charge in [0.1, 0.15) is 17.2 Å². The number of rotatable bonds is 6. The van der Waals surface area contributed by atoms with Crippen LogP contribution < -0.4 is 20.1 Å². The molecular weight excluding hydrogens is 312 g/mol. The first-order valence-corrected chi connectivity index (χ1v) is 7.58. The number of phenolic OH excluding ortho intramolecular Hbond substituents is 1. The number of thiocarbonyl (C=S) groups is 1. The molecule has 0 fully saturated rings. The van der Waals surface area contributed by atoms with Crippen LogP contribution in [-0.4, -0.2) is 31.0 Å². The Labute approximate surface area is 141 Å². The monoisotopic (exact) mass is 332 g/mol. The van der Waals surface area contributed by atoms with E-state index in [1.807, 2.05) is 24.3 Å². The van der Waals surface area contributed by atoms with Crippen molar-refractivity contribution in [3.63, 3.8) is 0 Å². The molecule has 2 rings (SSSR count). The van der Waals surface area contributed by atoms with Crippen molar-refractivity contribution in [2.75, 3.05) is 26.1 Å². The minimum atomic E-state index is 0.269. The van der Waals surface area contributed by atoms with Crippen molar-refractivity contribution < 1.29 is 14.6 Å². The van der Waals surface area contributed by atoms with E-state index in [0.29, 0.717) is 17.4 Å². The molecule has 0 bridgehead atoms. The van der Waals surface area contributed by atoms with E-state index in [1.54, 1.807) is 32.4 Å². The maximum atomic E-state index is 9.25. The molecule has 0 aliphatic carbocycles. The molecule has 122 valence electrons. The summed E-state index contributed by atoms with van der Waals surface area (Å²) >= 11 is 5.29. The van der Waals surface area contributed by atoms with E-state index in [1.165, 1.54) is 0 Å². The topological polar surface area (TPSA) is 62.8 Å². The van der Waals surface area contributed by atoms with Gasteiger partial charge in [-0.15, -0.1) is 0 Å². The summed E-state index contributed by atoms with van der Waals surface area (Å²) in [6.07, 6.45) is 0.807. The van der Waals surface area contributed by atoms with Crippen LogP contribution in [0, 0.1) is 0 Å². The van der Waals surface area contributed by atoms with Crippen molar-refractivity contribution in [1.29, 1.82) is 0 Å². The highest BCUT2D eigenvalue weighted by Crippen LogP contribution is 2.28. The Balaban J connectivity index is 1.86. The van der Waals surface area contributed by atoms with Gasteiger partial charge in [-0.2, -0.15) is 0 Å². The van der Waals surface area contributed by atoms with Gasteiger partial charge in [0.05, 0.1) is 19.9 Å². The Hall–Kier alpha value is -2.47. The SMILES string of the molecule is COc1ccc(NC(=S)NCCc2ccc(O)cc2)c(OC)c1. The van der Waals surface area contributed by atoms with Gasteiger partial charge < -0.3 is 25.2 Å². The fourth-order valence-corrected chi connectivity index (χ4v) is 2.26. The number of anilines is 1. The largest absolute Gasteiger partial charge is 0.508 e. The summed E-state index contributed by atoms with van der Waals surface area (Å²) in [6, 6.07) is 12.6. The number of hydrogen-bond acceptors (Lipinski definition) is 4. The normalized spacial score (nSPS) is 10.0. The van der Waals surface area contributed by atoms with Crippen molar-refractivity contribution in [2.24, 2.45) is 0 Å². The first-order chi connectivity index (χ1) is 11.1. The smallest absolute Gasteiger partial charge is 0.170 e. The molecule has 0 aromatic heterocycles. The molecule has 0 heterocycles. The van der Waals surface area contributed by atoms with Gasteiger partial charge in [0.25, 0.3) is 0 Å². The maximum Gasteiger partial charge on any atom is 0.170 e. The molecule has 0 radical (unpaired) electrons. The number of benzene rings is 2. The zero-order chi connectivity index (χ0) is 16.7. The van der Waals surface area contributed by atoms with Crippen molar-refractivity contribution >= 4 is 23.0 Å². The molecule has 0 aliphatic heterocycles. The van der Waals surface area contributed by atoms with E-state index >= 15 is 0 Å². The summed E-state index contributed by atoms with van der Waals surface area (Å²) in [4.78, 5) is 0. The minimum Gasteiger partial charge on any atom is -0.508 e. The molecule has 23 heavy (non-hydrogen) atoms. The van der Waals surface area contributed by atoms with E-state index in [0.717, 1.165) is 23.4 Å². The molecule has 0 atom stereocenters. The predicted octanol–water partition coefficient (Wildman–Crippen LogP) is 2.94. The van der Waals surface area contributed by atoms with E-state index in [4.69, 9.17) is 21.7 Å². The highest BCUT2D eigenvalue weighted by Gasteiger charge is 2.06. The highest BCUT2D eigenvalue weighted by atomic mass is 32.1. The Bertz CT molecular complexity index is 659. The van der Waals surface area contributed by atoms with Crippen LogP contribution in [0.2, 0.25) is 0 Å². The summed E-state index contributed by atoms with van der Waals surface area (Å²) in [7, 11) is 3.21. The molecule has 2 aromatic carbocycles. The number of aromatic hydroxyl groups is 1. The van der Waals surface area contributed by atoms with E-state index in [9.17, 15) is 5.11 Å². The molecule has 0 unspecified atom stereocenters. The standard InChI is InChI=1S/C17H20N2O3S/c1-21-14-7-8-15(16(11-14)22-2)19-17(23)18-10-9-12-3-5-13(20)6-4-12/h3-8,11,20H,9-10H2,1-2H3,(H2,18,19,23). The third-order valence-electron chi connectivity index (χ3n) is 3.29. The lowest BCUT2D eigenvalue weighted by atomic mass is 10.1. The lowest BCUT2D eigenvalue weighted by Crippen LogP contribution is -2.30. The Kier molecular flexibility index (Phi) is 6.05. The van der Waals surface area contributed by atoms with Crippen LogP contribution in [-0.2, 0) is 6.42 Å². The molecule has 5 nitrogen and oxygen atoms in total. The van der Waals surface area contributed by atoms with E-state index in [-0.39, 0.29) is 5.75 Å². The first-order valence-electron chi connectivity index (χ1n) is 7.17. The summed E-state index contributed by atoms with van der Waals surface area (Å²) < 4.78 is 10.5. The second-order valence-electron chi connectivity index (χ2n) is 4.86. The van der Waals surface area contributed by atoms with Gasteiger partial charge in [0, 0.05) is 12.6 Å². The fourth-order valence-electron chi connectivity index (χ4n) is 2.05. The molecule has 0 amide bonds. The summed E-state index contributed by atoms with van der Waals surface area (Å²) in [5.74, 6) is 1.65. The van der Waals surface area contributed by atoms with Gasteiger partial charge in [-0.05, 0) is 48.5 Å². The molecule has 0 saturated heterocycles. The van der Waals surface area contributed by atoms with Crippen LogP contribution in [0.5, 0.6) is 17.2 Å². The zero-order valence-corrected chi connectivity index (χ0v) is 13.9. The second-order valence-corrected chi connectivity index (χ2v) is 5.27. The Morgan fingerprint density at radius 3 is 2.48 bits per heavy atom. The van der Waals surface area contributed by atoms with Crippen molar-refractivity contribution in [3.8, 4) is 17.2 Å². The number of ether oxygens (including phenoxy) is 2. The fraction of sp³-hybridized carbons (Fsp3) is 0.235. The number of methoxy groups -OCH3 is 2. The van der Waals surface area contributed by atoms with Crippen LogP contribution in [0.4, 0.5) is 5.69 Å². The average molecular weight is 332 g/mol. The Morgan fingerprint density at radius 1 is 1.09 bits per heavy atom. The van der Waals surface area contributed by atoms with Crippen LogP contribution in [0.25, 0.3) is 0 Å².